The van der Waals surface area contributed by atoms with Crippen molar-refractivity contribution >= 4 is 22.5 Å². The van der Waals surface area contributed by atoms with E-state index in [0.717, 1.165) is 36.2 Å². The summed E-state index contributed by atoms with van der Waals surface area (Å²) in [5.74, 6) is 0.846. The summed E-state index contributed by atoms with van der Waals surface area (Å²) >= 11 is 0. The second kappa shape index (κ2) is 5.29. The average molecular weight is 294 g/mol. The van der Waals surface area contributed by atoms with Gasteiger partial charge in [0.05, 0.1) is 11.6 Å². The van der Waals surface area contributed by atoms with Gasteiger partial charge in [-0.15, -0.1) is 0 Å². The monoisotopic (exact) mass is 294 g/mol. The maximum Gasteiger partial charge on any atom is 0.163 e. The van der Waals surface area contributed by atoms with Gasteiger partial charge in [-0.05, 0) is 24.5 Å². The number of para-hydroxylation sites is 1. The fraction of sp³-hybridized carbons (Fsp3) is 0.312. The third-order valence-electron chi connectivity index (χ3n) is 4.18. The molecule has 4 rings (SSSR count). The SMILES string of the molecule is Cn1ncc2c(NCC3CCc4ccccc4N3)ncnc21. The molecule has 0 amide bonds. The summed E-state index contributed by atoms with van der Waals surface area (Å²) in [5.41, 5.74) is 3.49. The Morgan fingerprint density at radius 3 is 3.18 bits per heavy atom. The Bertz CT molecular complexity index is 809. The molecule has 112 valence electrons. The molecule has 1 aromatic carbocycles. The molecule has 2 aromatic heterocycles. The molecule has 22 heavy (non-hydrogen) atoms. The van der Waals surface area contributed by atoms with Crippen LogP contribution in [0.15, 0.2) is 36.8 Å². The highest BCUT2D eigenvalue weighted by Crippen LogP contribution is 2.25. The minimum absolute atomic E-state index is 0.400. The molecule has 2 N–H and O–H groups in total. The quantitative estimate of drug-likeness (QED) is 0.775. The summed E-state index contributed by atoms with van der Waals surface area (Å²) < 4.78 is 1.76. The third-order valence-corrected chi connectivity index (χ3v) is 4.18. The average Bonchev–Trinajstić information content (AvgIpc) is 2.95. The van der Waals surface area contributed by atoms with Crippen LogP contribution in [0.5, 0.6) is 0 Å². The molecule has 3 aromatic rings. The number of benzene rings is 1. The van der Waals surface area contributed by atoms with E-state index in [1.807, 2.05) is 7.05 Å². The molecular weight excluding hydrogens is 276 g/mol. The molecule has 6 nitrogen and oxygen atoms in total. The predicted octanol–water partition coefficient (Wildman–Crippen LogP) is 2.20. The van der Waals surface area contributed by atoms with E-state index in [9.17, 15) is 0 Å². The zero-order chi connectivity index (χ0) is 14.9. The predicted molar refractivity (Wildman–Crippen MR) is 87.0 cm³/mol. The highest BCUT2D eigenvalue weighted by atomic mass is 15.3. The van der Waals surface area contributed by atoms with Crippen molar-refractivity contribution in [3.05, 3.63) is 42.4 Å². The van der Waals surface area contributed by atoms with Crippen LogP contribution in [-0.2, 0) is 13.5 Å². The van der Waals surface area contributed by atoms with E-state index in [2.05, 4.69) is 50.0 Å². The molecule has 0 saturated heterocycles. The Balaban J connectivity index is 1.49. The van der Waals surface area contributed by atoms with E-state index in [4.69, 9.17) is 0 Å². The van der Waals surface area contributed by atoms with Crippen molar-refractivity contribution in [3.8, 4) is 0 Å². The maximum absolute atomic E-state index is 4.35. The maximum atomic E-state index is 4.35. The molecule has 1 aliphatic heterocycles. The summed E-state index contributed by atoms with van der Waals surface area (Å²) in [6, 6.07) is 8.91. The van der Waals surface area contributed by atoms with Crippen LogP contribution in [-0.4, -0.2) is 32.3 Å². The lowest BCUT2D eigenvalue weighted by Crippen LogP contribution is -2.32. The van der Waals surface area contributed by atoms with Crippen LogP contribution >= 0.6 is 0 Å². The Morgan fingerprint density at radius 2 is 2.23 bits per heavy atom. The normalized spacial score (nSPS) is 17.0. The summed E-state index contributed by atoms with van der Waals surface area (Å²) in [6.07, 6.45) is 5.62. The second-order valence-electron chi connectivity index (χ2n) is 5.65. The van der Waals surface area contributed by atoms with Gasteiger partial charge in [0.25, 0.3) is 0 Å². The third kappa shape index (κ3) is 2.26. The Labute approximate surface area is 128 Å². The van der Waals surface area contributed by atoms with E-state index >= 15 is 0 Å². The molecule has 3 heterocycles. The summed E-state index contributed by atoms with van der Waals surface area (Å²) in [4.78, 5) is 8.61. The Morgan fingerprint density at radius 1 is 1.32 bits per heavy atom. The smallest absolute Gasteiger partial charge is 0.163 e. The fourth-order valence-corrected chi connectivity index (χ4v) is 2.98. The van der Waals surface area contributed by atoms with Gasteiger partial charge in [0, 0.05) is 25.3 Å². The lowest BCUT2D eigenvalue weighted by atomic mass is 9.98. The van der Waals surface area contributed by atoms with Crippen LogP contribution < -0.4 is 10.6 Å². The highest BCUT2D eigenvalue weighted by Gasteiger charge is 2.17. The molecule has 0 spiro atoms. The number of nitrogens with one attached hydrogen (secondary N) is 2. The summed E-state index contributed by atoms with van der Waals surface area (Å²) in [7, 11) is 1.89. The van der Waals surface area contributed by atoms with Gasteiger partial charge in [0.2, 0.25) is 0 Å². The van der Waals surface area contributed by atoms with Crippen molar-refractivity contribution < 1.29 is 0 Å². The molecule has 1 unspecified atom stereocenters. The van der Waals surface area contributed by atoms with Crippen LogP contribution in [0.2, 0.25) is 0 Å². The minimum atomic E-state index is 0.400. The molecular formula is C16H18N6. The Hall–Kier alpha value is -2.63. The molecule has 0 radical (unpaired) electrons. The molecule has 1 aliphatic rings. The second-order valence-corrected chi connectivity index (χ2v) is 5.65. The standard InChI is InChI=1S/C16H18N6/c1-22-16-13(9-20-22)15(18-10-19-16)17-8-12-7-6-11-4-2-3-5-14(11)21-12/h2-5,9-10,12,21H,6-8H2,1H3,(H,17,18,19). The van der Waals surface area contributed by atoms with E-state index in [-0.39, 0.29) is 0 Å². The number of hydrogen-bond acceptors (Lipinski definition) is 5. The minimum Gasteiger partial charge on any atom is -0.380 e. The van der Waals surface area contributed by atoms with Gasteiger partial charge >= 0.3 is 0 Å². The van der Waals surface area contributed by atoms with Crippen LogP contribution in [0, 0.1) is 0 Å². The van der Waals surface area contributed by atoms with Crippen LogP contribution in [0.25, 0.3) is 11.0 Å². The van der Waals surface area contributed by atoms with Gasteiger partial charge in [-0.3, -0.25) is 4.68 Å². The Kier molecular flexibility index (Phi) is 3.14. The van der Waals surface area contributed by atoms with E-state index in [1.54, 1.807) is 17.2 Å². The van der Waals surface area contributed by atoms with Gasteiger partial charge in [-0.1, -0.05) is 18.2 Å². The van der Waals surface area contributed by atoms with Crippen molar-refractivity contribution in [2.24, 2.45) is 7.05 Å². The van der Waals surface area contributed by atoms with Crippen molar-refractivity contribution in [2.45, 2.75) is 18.9 Å². The first kappa shape index (κ1) is 13.1. The topological polar surface area (TPSA) is 67.7 Å². The number of anilines is 2. The fourth-order valence-electron chi connectivity index (χ4n) is 2.98. The molecule has 6 heteroatoms. The van der Waals surface area contributed by atoms with Crippen LogP contribution in [0.3, 0.4) is 0 Å². The van der Waals surface area contributed by atoms with Gasteiger partial charge in [-0.2, -0.15) is 5.10 Å². The van der Waals surface area contributed by atoms with Crippen molar-refractivity contribution in [1.82, 2.24) is 19.7 Å². The van der Waals surface area contributed by atoms with Gasteiger partial charge in [0.15, 0.2) is 5.65 Å². The van der Waals surface area contributed by atoms with Gasteiger partial charge in [-0.25, -0.2) is 9.97 Å². The van der Waals surface area contributed by atoms with Gasteiger partial charge < -0.3 is 10.6 Å². The van der Waals surface area contributed by atoms with Crippen LogP contribution in [0.4, 0.5) is 11.5 Å². The largest absolute Gasteiger partial charge is 0.380 e. The first-order valence-electron chi connectivity index (χ1n) is 7.52. The molecule has 0 aliphatic carbocycles. The van der Waals surface area contributed by atoms with E-state index in [1.165, 1.54) is 11.3 Å². The zero-order valence-corrected chi connectivity index (χ0v) is 12.5. The molecule has 1 atom stereocenters. The summed E-state index contributed by atoms with van der Waals surface area (Å²) in [5, 5.41) is 12.2. The zero-order valence-electron chi connectivity index (χ0n) is 12.5. The first-order valence-corrected chi connectivity index (χ1v) is 7.52. The number of nitrogens with zero attached hydrogens (tertiary/aromatic N) is 4. The lowest BCUT2D eigenvalue weighted by molar-refractivity contribution is 0.654. The number of fused-ring (bicyclic) bond motifs is 2. The summed E-state index contributed by atoms with van der Waals surface area (Å²) in [6.45, 7) is 0.829. The van der Waals surface area contributed by atoms with E-state index in [0.29, 0.717) is 6.04 Å². The molecule has 0 saturated carbocycles. The first-order chi connectivity index (χ1) is 10.8. The number of aromatic nitrogens is 4. The molecule has 0 fully saturated rings. The number of aryl methyl sites for hydroxylation is 2. The van der Waals surface area contributed by atoms with Crippen molar-refractivity contribution in [1.29, 1.82) is 0 Å². The van der Waals surface area contributed by atoms with Crippen molar-refractivity contribution in [2.75, 3.05) is 17.2 Å². The number of hydrogen-bond donors (Lipinski definition) is 2. The highest BCUT2D eigenvalue weighted by molar-refractivity contribution is 5.85. The number of rotatable bonds is 3. The van der Waals surface area contributed by atoms with Gasteiger partial charge in [0.1, 0.15) is 12.1 Å². The molecule has 0 bridgehead atoms. The van der Waals surface area contributed by atoms with E-state index < -0.39 is 0 Å². The van der Waals surface area contributed by atoms with Crippen LogP contribution in [0.1, 0.15) is 12.0 Å². The van der Waals surface area contributed by atoms with Crippen molar-refractivity contribution in [3.63, 3.8) is 0 Å². The lowest BCUT2D eigenvalue weighted by Gasteiger charge is -2.27.